The number of hydrogen-bond donors (Lipinski definition) is 0. The summed E-state index contributed by atoms with van der Waals surface area (Å²) in [6.07, 6.45) is 1.63. The maximum atomic E-state index is 12.6. The van der Waals surface area contributed by atoms with Crippen LogP contribution in [0.15, 0.2) is 48.7 Å². The molecule has 1 fully saturated rings. The van der Waals surface area contributed by atoms with Gasteiger partial charge in [0, 0.05) is 6.07 Å². The van der Waals surface area contributed by atoms with Gasteiger partial charge in [-0.05, 0) is 11.6 Å². The van der Waals surface area contributed by atoms with E-state index in [4.69, 9.17) is 0 Å². The van der Waals surface area contributed by atoms with Crippen LogP contribution in [0.4, 0.5) is 11.5 Å². The fourth-order valence-corrected chi connectivity index (χ4v) is 4.40. The summed E-state index contributed by atoms with van der Waals surface area (Å²) in [6, 6.07) is 12.1. The molecule has 0 amide bonds. The summed E-state index contributed by atoms with van der Waals surface area (Å²) < 4.78 is 26.6. The molecule has 8 nitrogen and oxygen atoms in total. The molecule has 0 spiro atoms. The predicted octanol–water partition coefficient (Wildman–Crippen LogP) is 1.06. The topological polar surface area (TPSA) is 97.9 Å². The molecular formula is C16H19N4O4S+. The molecule has 1 aliphatic rings. The van der Waals surface area contributed by atoms with E-state index < -0.39 is 14.9 Å². The van der Waals surface area contributed by atoms with E-state index in [2.05, 4.69) is 4.98 Å². The van der Waals surface area contributed by atoms with Gasteiger partial charge in [-0.2, -0.15) is 4.31 Å². The average molecular weight is 363 g/mol. The van der Waals surface area contributed by atoms with Gasteiger partial charge in [0.15, 0.2) is 0 Å². The molecule has 25 heavy (non-hydrogen) atoms. The Balaban J connectivity index is 1.69. The van der Waals surface area contributed by atoms with Gasteiger partial charge in [0.2, 0.25) is 10.0 Å². The zero-order valence-corrected chi connectivity index (χ0v) is 14.4. The molecule has 1 N–H and O–H groups in total. The number of aromatic amines is 1. The van der Waals surface area contributed by atoms with E-state index in [0.717, 1.165) is 5.56 Å². The van der Waals surface area contributed by atoms with Gasteiger partial charge in [-0.3, -0.25) is 15.0 Å². The standard InChI is InChI=1S/C16H18N4O4S/c21-20(22)15-7-4-8-17-16(15)18-9-11-19(12-10-18)25(23,24)13-14-5-2-1-3-6-14/h1-8H,9-13H2/p+1. The van der Waals surface area contributed by atoms with E-state index in [1.54, 1.807) is 24.4 Å². The average Bonchev–Trinajstić information content (AvgIpc) is 2.62. The van der Waals surface area contributed by atoms with Crippen LogP contribution in [0.25, 0.3) is 0 Å². The molecule has 132 valence electrons. The first-order valence-corrected chi connectivity index (χ1v) is 9.50. The molecule has 0 saturated carbocycles. The van der Waals surface area contributed by atoms with Gasteiger partial charge in [0.25, 0.3) is 0 Å². The minimum Gasteiger partial charge on any atom is -0.258 e. The summed E-state index contributed by atoms with van der Waals surface area (Å²) in [5, 5.41) is 11.1. The molecule has 0 radical (unpaired) electrons. The summed E-state index contributed by atoms with van der Waals surface area (Å²) in [6.45, 7) is 1.40. The van der Waals surface area contributed by atoms with E-state index in [1.807, 2.05) is 23.1 Å². The third-order valence-electron chi connectivity index (χ3n) is 4.15. The Bertz CT molecular complexity index is 849. The maximum Gasteiger partial charge on any atom is 0.357 e. The number of sulfonamides is 1. The predicted molar refractivity (Wildman–Crippen MR) is 92.5 cm³/mol. The number of hydrogen-bond acceptors (Lipinski definition) is 5. The summed E-state index contributed by atoms with van der Waals surface area (Å²) in [5.41, 5.74) is 0.736. The summed E-state index contributed by atoms with van der Waals surface area (Å²) in [7, 11) is -3.41. The van der Waals surface area contributed by atoms with Crippen molar-refractivity contribution in [3.63, 3.8) is 0 Å². The Hall–Kier alpha value is -2.52. The van der Waals surface area contributed by atoms with Crippen molar-refractivity contribution < 1.29 is 18.3 Å². The van der Waals surface area contributed by atoms with Gasteiger partial charge in [0.1, 0.15) is 0 Å². The molecule has 0 unspecified atom stereocenters. The van der Waals surface area contributed by atoms with E-state index in [9.17, 15) is 18.5 Å². The van der Waals surface area contributed by atoms with Gasteiger partial charge < -0.3 is 0 Å². The minimum atomic E-state index is -3.41. The number of nitro groups is 1. The van der Waals surface area contributed by atoms with Crippen LogP contribution < -0.4 is 9.88 Å². The van der Waals surface area contributed by atoms with Crippen molar-refractivity contribution in [2.75, 3.05) is 31.1 Å². The normalized spacial score (nSPS) is 15.9. The number of benzene rings is 1. The van der Waals surface area contributed by atoms with Crippen molar-refractivity contribution in [2.45, 2.75) is 5.75 Å². The lowest BCUT2D eigenvalue weighted by atomic mass is 10.2. The smallest absolute Gasteiger partial charge is 0.258 e. The molecule has 0 aliphatic carbocycles. The Morgan fingerprint density at radius 3 is 2.36 bits per heavy atom. The maximum absolute atomic E-state index is 12.6. The van der Waals surface area contributed by atoms with Gasteiger partial charge in [0.05, 0.1) is 43.1 Å². The summed E-state index contributed by atoms with van der Waals surface area (Å²) in [5.74, 6) is 0.374. The van der Waals surface area contributed by atoms with Crippen molar-refractivity contribution >= 4 is 21.5 Å². The molecule has 0 bridgehead atoms. The van der Waals surface area contributed by atoms with Gasteiger partial charge >= 0.3 is 11.5 Å². The van der Waals surface area contributed by atoms with E-state index in [1.165, 1.54) is 10.4 Å². The van der Waals surface area contributed by atoms with Crippen LogP contribution in [0.1, 0.15) is 5.56 Å². The number of piperazine rings is 1. The van der Waals surface area contributed by atoms with Gasteiger partial charge in [-0.25, -0.2) is 13.4 Å². The third-order valence-corrected chi connectivity index (χ3v) is 6.00. The van der Waals surface area contributed by atoms with Crippen LogP contribution in [0, 0.1) is 10.1 Å². The zero-order valence-electron chi connectivity index (χ0n) is 13.5. The first kappa shape index (κ1) is 17.3. The molecule has 2 aromatic rings. The fraction of sp³-hybridized carbons (Fsp3) is 0.312. The van der Waals surface area contributed by atoms with E-state index in [-0.39, 0.29) is 11.4 Å². The van der Waals surface area contributed by atoms with Crippen LogP contribution in [-0.2, 0) is 15.8 Å². The quantitative estimate of drug-likeness (QED) is 0.584. The Morgan fingerprint density at radius 1 is 1.04 bits per heavy atom. The molecule has 1 saturated heterocycles. The van der Waals surface area contributed by atoms with E-state index in [0.29, 0.717) is 32.0 Å². The van der Waals surface area contributed by atoms with Crippen molar-refractivity contribution in [1.82, 2.24) is 4.31 Å². The highest BCUT2D eigenvalue weighted by molar-refractivity contribution is 7.88. The van der Waals surface area contributed by atoms with Crippen molar-refractivity contribution in [1.29, 1.82) is 0 Å². The lowest BCUT2D eigenvalue weighted by molar-refractivity contribution is -0.411. The molecular weight excluding hydrogens is 344 g/mol. The minimum absolute atomic E-state index is 0.0110. The Morgan fingerprint density at radius 2 is 1.72 bits per heavy atom. The largest absolute Gasteiger partial charge is 0.357 e. The summed E-state index contributed by atoms with van der Waals surface area (Å²) >= 11 is 0. The first-order chi connectivity index (χ1) is 12.0. The summed E-state index contributed by atoms with van der Waals surface area (Å²) in [4.78, 5) is 15.4. The number of nitrogens with zero attached hydrogens (tertiary/aromatic N) is 3. The monoisotopic (exact) mass is 363 g/mol. The molecule has 1 aromatic heterocycles. The number of H-pyrrole nitrogens is 1. The van der Waals surface area contributed by atoms with Crippen LogP contribution in [0.2, 0.25) is 0 Å². The Kier molecular flexibility index (Phi) is 4.95. The highest BCUT2D eigenvalue weighted by atomic mass is 32.2. The van der Waals surface area contributed by atoms with Crippen LogP contribution >= 0.6 is 0 Å². The Labute approximate surface area is 145 Å². The van der Waals surface area contributed by atoms with Gasteiger partial charge in [-0.15, -0.1) is 0 Å². The second-order valence-electron chi connectivity index (χ2n) is 5.79. The molecule has 1 aliphatic heterocycles. The van der Waals surface area contributed by atoms with Crippen molar-refractivity contribution in [3.8, 4) is 0 Å². The zero-order chi connectivity index (χ0) is 17.9. The van der Waals surface area contributed by atoms with Crippen molar-refractivity contribution in [2.24, 2.45) is 0 Å². The number of pyridine rings is 1. The number of anilines is 1. The van der Waals surface area contributed by atoms with Crippen LogP contribution in [0.3, 0.4) is 0 Å². The molecule has 2 heterocycles. The second kappa shape index (κ2) is 7.16. The number of rotatable bonds is 5. The fourth-order valence-electron chi connectivity index (χ4n) is 2.89. The number of aromatic nitrogens is 1. The molecule has 0 atom stereocenters. The highest BCUT2D eigenvalue weighted by Gasteiger charge is 2.34. The SMILES string of the molecule is O=[N+]([O-])c1ccc[nH+]c1N1CCN(S(=O)(=O)Cc2ccccc2)CC1. The molecule has 1 aromatic carbocycles. The van der Waals surface area contributed by atoms with E-state index >= 15 is 0 Å². The third kappa shape index (κ3) is 3.94. The molecule has 9 heteroatoms. The van der Waals surface area contributed by atoms with Crippen LogP contribution in [0.5, 0.6) is 0 Å². The van der Waals surface area contributed by atoms with Gasteiger partial charge in [-0.1, -0.05) is 30.3 Å². The lowest BCUT2D eigenvalue weighted by Gasteiger charge is -2.30. The van der Waals surface area contributed by atoms with Crippen molar-refractivity contribution in [3.05, 3.63) is 64.3 Å². The molecule has 3 rings (SSSR count). The van der Waals surface area contributed by atoms with Crippen LogP contribution in [-0.4, -0.2) is 43.8 Å². The number of nitrogens with one attached hydrogen (secondary N) is 1. The first-order valence-electron chi connectivity index (χ1n) is 7.89. The lowest BCUT2D eigenvalue weighted by Crippen LogP contribution is -2.50. The second-order valence-corrected chi connectivity index (χ2v) is 7.76. The highest BCUT2D eigenvalue weighted by Crippen LogP contribution is 2.24.